The highest BCUT2D eigenvalue weighted by molar-refractivity contribution is 5.94. The molecule has 0 N–H and O–H groups in total. The van der Waals surface area contributed by atoms with Crippen LogP contribution in [0.4, 0.5) is 5.69 Å². The number of benzene rings is 2. The molecule has 2 saturated heterocycles. The van der Waals surface area contributed by atoms with Gasteiger partial charge >= 0.3 is 0 Å². The molecule has 0 bridgehead atoms. The van der Waals surface area contributed by atoms with Crippen LogP contribution in [0.2, 0.25) is 0 Å². The molecule has 2 heterocycles. The molecule has 2 aliphatic rings. The van der Waals surface area contributed by atoms with Crippen LogP contribution in [0.25, 0.3) is 0 Å². The number of anilines is 1. The van der Waals surface area contributed by atoms with Crippen LogP contribution < -0.4 is 9.64 Å². The van der Waals surface area contributed by atoms with Gasteiger partial charge in [-0.2, -0.15) is 0 Å². The quantitative estimate of drug-likeness (QED) is 0.701. The zero-order chi connectivity index (χ0) is 20.8. The molecule has 4 rings (SSSR count). The van der Waals surface area contributed by atoms with Gasteiger partial charge in [0.2, 0.25) is 0 Å². The van der Waals surface area contributed by atoms with Gasteiger partial charge in [-0.1, -0.05) is 24.3 Å². The average molecular weight is 411 g/mol. The van der Waals surface area contributed by atoms with Crippen molar-refractivity contribution < 1.29 is 19.0 Å². The highest BCUT2D eigenvalue weighted by Crippen LogP contribution is 2.24. The third-order valence-corrected chi connectivity index (χ3v) is 5.64. The second-order valence-corrected chi connectivity index (χ2v) is 7.86. The third kappa shape index (κ3) is 5.12. The molecule has 160 valence electrons. The van der Waals surface area contributed by atoms with E-state index in [2.05, 4.69) is 17.0 Å². The van der Waals surface area contributed by atoms with Crippen molar-refractivity contribution >= 4 is 11.6 Å². The molecule has 0 aliphatic carbocycles. The molecular weight excluding hydrogens is 380 g/mol. The maximum atomic E-state index is 13.1. The van der Waals surface area contributed by atoms with Gasteiger partial charge in [-0.05, 0) is 42.7 Å². The Morgan fingerprint density at radius 1 is 1.13 bits per heavy atom. The summed E-state index contributed by atoms with van der Waals surface area (Å²) in [7, 11) is 1.85. The third-order valence-electron chi connectivity index (χ3n) is 5.64. The van der Waals surface area contributed by atoms with Crippen molar-refractivity contribution in [3.63, 3.8) is 0 Å². The fraction of sp³-hybridized carbons (Fsp3) is 0.458. The topological polar surface area (TPSA) is 51.2 Å². The lowest BCUT2D eigenvalue weighted by Crippen LogP contribution is -2.37. The Bertz CT molecular complexity index is 845. The largest absolute Gasteiger partial charge is 0.491 e. The van der Waals surface area contributed by atoms with E-state index in [-0.39, 0.29) is 12.0 Å². The van der Waals surface area contributed by atoms with Crippen LogP contribution in [0.15, 0.2) is 48.5 Å². The van der Waals surface area contributed by atoms with E-state index in [1.54, 1.807) is 4.90 Å². The van der Waals surface area contributed by atoms with E-state index >= 15 is 0 Å². The molecule has 2 aliphatic heterocycles. The molecule has 0 spiro atoms. The van der Waals surface area contributed by atoms with Gasteiger partial charge in [0.15, 0.2) is 0 Å². The van der Waals surface area contributed by atoms with Crippen molar-refractivity contribution in [2.45, 2.75) is 25.5 Å². The molecular formula is C24H30N2O4. The summed E-state index contributed by atoms with van der Waals surface area (Å²) in [5.41, 5.74) is 2.95. The monoisotopic (exact) mass is 410 g/mol. The SMILES string of the molecule is CN(Cc1ccccc1N1CCOCC1)C(=O)c1cccc(OCC2CCCO2)c1. The zero-order valence-electron chi connectivity index (χ0n) is 17.6. The summed E-state index contributed by atoms with van der Waals surface area (Å²) in [6.45, 7) is 5.11. The number of rotatable bonds is 7. The summed E-state index contributed by atoms with van der Waals surface area (Å²) >= 11 is 0. The smallest absolute Gasteiger partial charge is 0.254 e. The standard InChI is InChI=1S/C24H30N2O4/c1-25(17-20-6-2-3-10-23(20)26-11-14-28-15-12-26)24(27)19-7-4-8-21(16-19)30-18-22-9-5-13-29-22/h2-4,6-8,10,16,22H,5,9,11-15,17-18H2,1H3. The zero-order valence-corrected chi connectivity index (χ0v) is 17.6. The second-order valence-electron chi connectivity index (χ2n) is 7.86. The Balaban J connectivity index is 1.41. The van der Waals surface area contributed by atoms with Crippen LogP contribution >= 0.6 is 0 Å². The average Bonchev–Trinajstić information content (AvgIpc) is 3.32. The van der Waals surface area contributed by atoms with Gasteiger partial charge in [-0.3, -0.25) is 4.79 Å². The number of nitrogens with zero attached hydrogens (tertiary/aromatic N) is 2. The number of ether oxygens (including phenoxy) is 3. The molecule has 2 fully saturated rings. The molecule has 30 heavy (non-hydrogen) atoms. The van der Waals surface area contributed by atoms with E-state index in [9.17, 15) is 4.79 Å². The number of para-hydroxylation sites is 1. The van der Waals surface area contributed by atoms with E-state index in [0.717, 1.165) is 51.3 Å². The van der Waals surface area contributed by atoms with Crippen molar-refractivity contribution in [2.24, 2.45) is 0 Å². The molecule has 0 radical (unpaired) electrons. The summed E-state index contributed by atoms with van der Waals surface area (Å²) in [5, 5.41) is 0. The van der Waals surface area contributed by atoms with E-state index < -0.39 is 0 Å². The molecule has 1 unspecified atom stereocenters. The van der Waals surface area contributed by atoms with E-state index in [4.69, 9.17) is 14.2 Å². The summed E-state index contributed by atoms with van der Waals surface area (Å²) in [6, 6.07) is 15.7. The first kappa shape index (κ1) is 20.7. The van der Waals surface area contributed by atoms with Gasteiger partial charge in [0.25, 0.3) is 5.91 Å². The molecule has 1 amide bonds. The van der Waals surface area contributed by atoms with Crippen LogP contribution in [0.5, 0.6) is 5.75 Å². The van der Waals surface area contributed by atoms with Crippen LogP contribution in [-0.4, -0.2) is 63.5 Å². The van der Waals surface area contributed by atoms with E-state index in [1.165, 1.54) is 5.69 Å². The summed E-state index contributed by atoms with van der Waals surface area (Å²) in [6.07, 6.45) is 2.27. The minimum absolute atomic E-state index is 0.0191. The molecule has 6 heteroatoms. The van der Waals surface area contributed by atoms with Crippen molar-refractivity contribution in [1.82, 2.24) is 4.90 Å². The van der Waals surface area contributed by atoms with Crippen LogP contribution in [-0.2, 0) is 16.0 Å². The lowest BCUT2D eigenvalue weighted by Gasteiger charge is -2.31. The predicted molar refractivity (Wildman–Crippen MR) is 116 cm³/mol. The highest BCUT2D eigenvalue weighted by atomic mass is 16.5. The van der Waals surface area contributed by atoms with Crippen LogP contribution in [0, 0.1) is 0 Å². The lowest BCUT2D eigenvalue weighted by molar-refractivity contribution is 0.0678. The Hall–Kier alpha value is -2.57. The Labute approximate surface area is 178 Å². The number of carbonyl (C=O) groups is 1. The fourth-order valence-corrected chi connectivity index (χ4v) is 3.99. The maximum Gasteiger partial charge on any atom is 0.254 e. The van der Waals surface area contributed by atoms with Gasteiger partial charge in [0, 0.05) is 44.5 Å². The van der Waals surface area contributed by atoms with Crippen LogP contribution in [0.1, 0.15) is 28.8 Å². The number of carbonyl (C=O) groups excluding carboxylic acids is 1. The van der Waals surface area contributed by atoms with Gasteiger partial charge in [0.1, 0.15) is 12.4 Å². The molecule has 2 aromatic rings. The van der Waals surface area contributed by atoms with Gasteiger partial charge < -0.3 is 24.0 Å². The summed E-state index contributed by atoms with van der Waals surface area (Å²) < 4.78 is 16.9. The maximum absolute atomic E-state index is 13.1. The number of amides is 1. The predicted octanol–water partition coefficient (Wildman–Crippen LogP) is 3.35. The summed E-state index contributed by atoms with van der Waals surface area (Å²) in [5.74, 6) is 0.688. The summed E-state index contributed by atoms with van der Waals surface area (Å²) in [4.78, 5) is 17.2. The van der Waals surface area contributed by atoms with Crippen molar-refractivity contribution in [3.8, 4) is 5.75 Å². The minimum Gasteiger partial charge on any atom is -0.491 e. The first-order valence-corrected chi connectivity index (χ1v) is 10.7. The Morgan fingerprint density at radius 3 is 2.77 bits per heavy atom. The Morgan fingerprint density at radius 2 is 1.97 bits per heavy atom. The van der Waals surface area contributed by atoms with E-state index in [1.807, 2.05) is 43.4 Å². The highest BCUT2D eigenvalue weighted by Gasteiger charge is 2.19. The second kappa shape index (κ2) is 9.96. The number of hydrogen-bond acceptors (Lipinski definition) is 5. The van der Waals surface area contributed by atoms with Crippen molar-refractivity contribution in [3.05, 3.63) is 59.7 Å². The fourth-order valence-electron chi connectivity index (χ4n) is 3.99. The number of morpholine rings is 1. The van der Waals surface area contributed by atoms with Crippen LogP contribution in [0.3, 0.4) is 0 Å². The molecule has 0 aromatic heterocycles. The number of hydrogen-bond donors (Lipinski definition) is 0. The van der Waals surface area contributed by atoms with Gasteiger partial charge in [-0.15, -0.1) is 0 Å². The Kier molecular flexibility index (Phi) is 6.87. The van der Waals surface area contributed by atoms with Crippen molar-refractivity contribution in [1.29, 1.82) is 0 Å². The normalized spacial score (nSPS) is 19.0. The first-order valence-electron chi connectivity index (χ1n) is 10.7. The molecule has 1 atom stereocenters. The van der Waals surface area contributed by atoms with Gasteiger partial charge in [0.05, 0.1) is 19.3 Å². The molecule has 6 nitrogen and oxygen atoms in total. The lowest BCUT2D eigenvalue weighted by atomic mass is 10.1. The first-order chi connectivity index (χ1) is 14.7. The minimum atomic E-state index is -0.0191. The van der Waals surface area contributed by atoms with Gasteiger partial charge in [-0.25, -0.2) is 0 Å². The molecule has 0 saturated carbocycles. The molecule has 2 aromatic carbocycles. The van der Waals surface area contributed by atoms with E-state index in [0.29, 0.717) is 24.5 Å². The van der Waals surface area contributed by atoms with Crippen molar-refractivity contribution in [2.75, 3.05) is 51.5 Å².